The van der Waals surface area contributed by atoms with Crippen LogP contribution in [0.5, 0.6) is 0 Å². The number of carboxylic acid groups (broad SMARTS) is 2. The Balaban J connectivity index is 0.000000443. The molecule has 0 fully saturated rings. The second-order valence-corrected chi connectivity index (χ2v) is 5.69. The summed E-state index contributed by atoms with van der Waals surface area (Å²) >= 11 is 2.76. The van der Waals surface area contributed by atoms with Gasteiger partial charge in [-0.1, -0.05) is 0 Å². The summed E-state index contributed by atoms with van der Waals surface area (Å²) in [6, 6.07) is 3.24. The van der Waals surface area contributed by atoms with Gasteiger partial charge in [0.2, 0.25) is 0 Å². The molecule has 0 aliphatic rings. The van der Waals surface area contributed by atoms with Gasteiger partial charge >= 0.3 is 23.1 Å². The van der Waals surface area contributed by atoms with Crippen molar-refractivity contribution in [2.75, 3.05) is 13.1 Å². The number of aliphatic carboxylic acids is 2. The van der Waals surface area contributed by atoms with Crippen LogP contribution in [-0.4, -0.2) is 59.9 Å². The first-order valence-electron chi connectivity index (χ1n) is 6.40. The minimum absolute atomic E-state index is 0. The molecular weight excluding hydrogens is 381 g/mol. The van der Waals surface area contributed by atoms with Crippen molar-refractivity contribution in [2.24, 2.45) is 0 Å². The van der Waals surface area contributed by atoms with Gasteiger partial charge in [-0.15, -0.1) is 0 Å². The Hall–Kier alpha value is -1.95. The summed E-state index contributed by atoms with van der Waals surface area (Å²) in [4.78, 5) is 41.9. The van der Waals surface area contributed by atoms with Crippen molar-refractivity contribution in [1.82, 2.24) is 10.6 Å². The van der Waals surface area contributed by atoms with Crippen molar-refractivity contribution >= 4 is 69.5 Å². The third-order valence-corrected chi connectivity index (χ3v) is 3.72. The summed E-state index contributed by atoms with van der Waals surface area (Å²) < 4.78 is 0. The molecule has 2 aromatic rings. The van der Waals surface area contributed by atoms with Crippen LogP contribution in [0.15, 0.2) is 33.7 Å². The van der Waals surface area contributed by atoms with Gasteiger partial charge in [0, 0.05) is 21.9 Å². The second-order valence-electron chi connectivity index (χ2n) is 4.13. The molecular formula is C14H12MgN2O6S2. The fourth-order valence-electron chi connectivity index (χ4n) is 1.30. The van der Waals surface area contributed by atoms with E-state index in [0.29, 0.717) is 11.1 Å². The summed E-state index contributed by atoms with van der Waals surface area (Å²) in [5, 5.41) is 31.1. The molecule has 2 aromatic heterocycles. The zero-order valence-electron chi connectivity index (χ0n) is 12.9. The minimum Gasteiger partial charge on any atom is -0.548 e. The fourth-order valence-corrected chi connectivity index (χ4v) is 2.57. The largest absolute Gasteiger partial charge is 2.00 e. The van der Waals surface area contributed by atoms with E-state index in [1.165, 1.54) is 22.7 Å². The van der Waals surface area contributed by atoms with Crippen LogP contribution in [-0.2, 0) is 9.59 Å². The van der Waals surface area contributed by atoms with E-state index in [2.05, 4.69) is 10.6 Å². The molecule has 0 saturated heterocycles. The number of carboxylic acids is 2. The van der Waals surface area contributed by atoms with Crippen molar-refractivity contribution < 1.29 is 29.4 Å². The van der Waals surface area contributed by atoms with Crippen LogP contribution in [0.25, 0.3) is 0 Å². The molecule has 0 aromatic carbocycles. The zero-order chi connectivity index (χ0) is 17.9. The normalized spacial score (nSPS) is 8.96. The van der Waals surface area contributed by atoms with Crippen molar-refractivity contribution in [3.05, 3.63) is 44.8 Å². The molecule has 2 heterocycles. The van der Waals surface area contributed by atoms with Crippen LogP contribution in [0.2, 0.25) is 0 Å². The van der Waals surface area contributed by atoms with Crippen molar-refractivity contribution in [3.63, 3.8) is 0 Å². The van der Waals surface area contributed by atoms with Gasteiger partial charge in [-0.25, -0.2) is 0 Å². The Kier molecular flexibility index (Phi) is 11.4. The first-order chi connectivity index (χ1) is 11.4. The molecule has 0 bridgehead atoms. The van der Waals surface area contributed by atoms with E-state index in [-0.39, 0.29) is 34.9 Å². The van der Waals surface area contributed by atoms with Crippen LogP contribution in [0.1, 0.15) is 20.7 Å². The van der Waals surface area contributed by atoms with E-state index in [1.807, 2.05) is 0 Å². The second kappa shape index (κ2) is 12.4. The molecule has 0 atom stereocenters. The number of rotatable bonds is 6. The summed E-state index contributed by atoms with van der Waals surface area (Å²) in [7, 11) is 0. The Morgan fingerprint density at radius 2 is 1.16 bits per heavy atom. The summed E-state index contributed by atoms with van der Waals surface area (Å²) in [5.41, 5.74) is 0.947. The number of carbonyl (C=O) groups excluding carboxylic acids is 4. The Bertz CT molecular complexity index is 628. The topological polar surface area (TPSA) is 138 Å². The number of carbonyl (C=O) groups is 4. The number of hydrogen-bond donors (Lipinski definition) is 2. The Labute approximate surface area is 167 Å². The maximum atomic E-state index is 11.0. The SMILES string of the molecule is O=C([O-])CNC(=O)c1ccsc1.O=C([O-])CNC(=O)c1ccsc1.[Mg+2]. The Morgan fingerprint density at radius 3 is 1.40 bits per heavy atom. The predicted octanol–water partition coefficient (Wildman–Crippen LogP) is -1.93. The van der Waals surface area contributed by atoms with Crippen LogP contribution in [0, 0.1) is 0 Å². The minimum atomic E-state index is -1.29. The predicted molar refractivity (Wildman–Crippen MR) is 89.1 cm³/mol. The van der Waals surface area contributed by atoms with Gasteiger partial charge in [-0.05, 0) is 22.9 Å². The number of amides is 2. The molecule has 11 heteroatoms. The molecule has 0 saturated carbocycles. The average molecular weight is 393 g/mol. The molecule has 2 amide bonds. The molecule has 0 aliphatic heterocycles. The van der Waals surface area contributed by atoms with Gasteiger partial charge in [0.05, 0.1) is 25.0 Å². The summed E-state index contributed by atoms with van der Waals surface area (Å²) in [6.45, 7) is -0.899. The van der Waals surface area contributed by atoms with Crippen molar-refractivity contribution in [3.8, 4) is 0 Å². The van der Waals surface area contributed by atoms with E-state index in [4.69, 9.17) is 0 Å². The fraction of sp³-hybridized carbons (Fsp3) is 0.143. The third-order valence-electron chi connectivity index (χ3n) is 2.35. The quantitative estimate of drug-likeness (QED) is 0.549. The molecule has 0 spiro atoms. The monoisotopic (exact) mass is 392 g/mol. The molecule has 2 rings (SSSR count). The Morgan fingerprint density at radius 1 is 0.800 bits per heavy atom. The van der Waals surface area contributed by atoms with Gasteiger partial charge in [0.25, 0.3) is 11.8 Å². The van der Waals surface area contributed by atoms with Gasteiger partial charge in [0.15, 0.2) is 0 Å². The molecule has 2 N–H and O–H groups in total. The van der Waals surface area contributed by atoms with Gasteiger partial charge in [0.1, 0.15) is 0 Å². The first-order valence-corrected chi connectivity index (χ1v) is 8.29. The molecule has 0 aliphatic carbocycles. The number of thiophene rings is 2. The summed E-state index contributed by atoms with van der Waals surface area (Å²) in [5.74, 6) is -3.36. The van der Waals surface area contributed by atoms with Crippen LogP contribution in [0.4, 0.5) is 0 Å². The molecule has 0 radical (unpaired) electrons. The smallest absolute Gasteiger partial charge is 0.548 e. The first kappa shape index (κ1) is 23.0. The maximum absolute atomic E-state index is 11.0. The average Bonchev–Trinajstić information content (AvgIpc) is 3.23. The van der Waals surface area contributed by atoms with Crippen molar-refractivity contribution in [2.45, 2.75) is 0 Å². The molecule has 25 heavy (non-hydrogen) atoms. The number of hydrogen-bond acceptors (Lipinski definition) is 8. The number of nitrogens with one attached hydrogen (secondary N) is 2. The van der Waals surface area contributed by atoms with Gasteiger partial charge in [-0.3, -0.25) is 9.59 Å². The van der Waals surface area contributed by atoms with Crippen molar-refractivity contribution in [1.29, 1.82) is 0 Å². The third kappa shape index (κ3) is 9.81. The van der Waals surface area contributed by atoms with E-state index >= 15 is 0 Å². The molecule has 0 unspecified atom stereocenters. The van der Waals surface area contributed by atoms with Crippen LogP contribution >= 0.6 is 22.7 Å². The summed E-state index contributed by atoms with van der Waals surface area (Å²) in [6.07, 6.45) is 0. The standard InChI is InChI=1S/2C7H7NO3S.Mg/c2*9-6(10)3-8-7(11)5-1-2-12-4-5;/h2*1-2,4H,3H2,(H,8,11)(H,9,10);/q;;+2/p-2. The van der Waals surface area contributed by atoms with Gasteiger partial charge < -0.3 is 30.4 Å². The zero-order valence-corrected chi connectivity index (χ0v) is 15.9. The molecule has 8 nitrogen and oxygen atoms in total. The maximum Gasteiger partial charge on any atom is 2.00 e. The molecule has 128 valence electrons. The van der Waals surface area contributed by atoms with E-state index in [0.717, 1.165) is 0 Å². The van der Waals surface area contributed by atoms with E-state index in [9.17, 15) is 29.4 Å². The van der Waals surface area contributed by atoms with Crippen LogP contribution < -0.4 is 20.8 Å². The van der Waals surface area contributed by atoms with E-state index in [1.54, 1.807) is 33.7 Å². The van der Waals surface area contributed by atoms with E-state index < -0.39 is 25.0 Å². The van der Waals surface area contributed by atoms with Gasteiger partial charge in [-0.2, -0.15) is 22.7 Å². The van der Waals surface area contributed by atoms with Crippen LogP contribution in [0.3, 0.4) is 0 Å².